The Kier molecular flexibility index (Phi) is 5.21. The average molecular weight is 236 g/mol. The molecule has 0 saturated carbocycles. The molecular weight excluding hydrogens is 224 g/mol. The number of sulfonamides is 1. The van der Waals surface area contributed by atoms with Crippen molar-refractivity contribution in [2.45, 2.75) is 18.3 Å². The fourth-order valence-corrected chi connectivity index (χ4v) is 1.39. The van der Waals surface area contributed by atoms with E-state index in [1.54, 1.807) is 0 Å². The Morgan fingerprint density at radius 1 is 1.67 bits per heavy atom. The summed E-state index contributed by atoms with van der Waals surface area (Å²) in [5, 5.41) is 16.2. The second-order valence-corrected chi connectivity index (χ2v) is 4.79. The maximum absolute atomic E-state index is 11.2. The molecule has 2 atom stereocenters. The van der Waals surface area contributed by atoms with Crippen molar-refractivity contribution in [2.24, 2.45) is 0 Å². The molecule has 0 rings (SSSR count). The van der Waals surface area contributed by atoms with Crippen LogP contribution in [0.5, 0.6) is 0 Å². The van der Waals surface area contributed by atoms with Gasteiger partial charge < -0.3 is 9.84 Å². The first-order valence-corrected chi connectivity index (χ1v) is 5.53. The fourth-order valence-electron chi connectivity index (χ4n) is 0.609. The van der Waals surface area contributed by atoms with Crippen LogP contribution < -0.4 is 4.72 Å². The molecule has 0 aromatic heterocycles. The Balaban J connectivity index is 4.30. The van der Waals surface area contributed by atoms with E-state index in [1.165, 1.54) is 13.0 Å². The zero-order chi connectivity index (χ0) is 12.1. The van der Waals surface area contributed by atoms with Crippen LogP contribution in [-0.4, -0.2) is 44.5 Å². The quantitative estimate of drug-likeness (QED) is 0.552. The number of nitriles is 1. The van der Waals surface area contributed by atoms with Crippen LogP contribution in [0.15, 0.2) is 0 Å². The predicted octanol–water partition coefficient (Wildman–Crippen LogP) is -1.65. The molecule has 0 spiro atoms. The van der Waals surface area contributed by atoms with E-state index in [0.717, 1.165) is 7.11 Å². The summed E-state index contributed by atoms with van der Waals surface area (Å²) in [5.74, 6) is -0.942. The number of aliphatic hydroxyl groups is 1. The van der Waals surface area contributed by atoms with Crippen LogP contribution in [0, 0.1) is 11.3 Å². The van der Waals surface area contributed by atoms with Crippen LogP contribution >= 0.6 is 0 Å². The van der Waals surface area contributed by atoms with Gasteiger partial charge in [0.05, 0.1) is 13.2 Å². The van der Waals surface area contributed by atoms with Crippen molar-refractivity contribution >= 4 is 16.0 Å². The Hall–Kier alpha value is -1.17. The first kappa shape index (κ1) is 13.8. The SMILES string of the molecule is COC(=O)C(O)CNS(=O)(=O)C(C)C#N. The summed E-state index contributed by atoms with van der Waals surface area (Å²) in [7, 11) is -2.76. The molecule has 0 bridgehead atoms. The largest absolute Gasteiger partial charge is 0.467 e. The van der Waals surface area contributed by atoms with E-state index in [4.69, 9.17) is 10.4 Å². The van der Waals surface area contributed by atoms with Gasteiger partial charge in [-0.2, -0.15) is 5.26 Å². The second kappa shape index (κ2) is 5.65. The van der Waals surface area contributed by atoms with Crippen LogP contribution in [-0.2, 0) is 19.6 Å². The molecule has 2 N–H and O–H groups in total. The zero-order valence-electron chi connectivity index (χ0n) is 8.30. The number of nitrogens with zero attached hydrogens (tertiary/aromatic N) is 1. The number of hydrogen-bond acceptors (Lipinski definition) is 6. The lowest BCUT2D eigenvalue weighted by molar-refractivity contribution is -0.149. The van der Waals surface area contributed by atoms with Gasteiger partial charge in [0.2, 0.25) is 10.0 Å². The summed E-state index contributed by atoms with van der Waals surface area (Å²) in [6, 6.07) is 1.52. The number of hydrogen-bond donors (Lipinski definition) is 2. The van der Waals surface area contributed by atoms with Crippen molar-refractivity contribution in [1.82, 2.24) is 4.72 Å². The topological polar surface area (TPSA) is 116 Å². The highest BCUT2D eigenvalue weighted by Gasteiger charge is 2.23. The third-order valence-corrected chi connectivity index (χ3v) is 3.20. The molecule has 8 heteroatoms. The van der Waals surface area contributed by atoms with Crippen molar-refractivity contribution in [3.63, 3.8) is 0 Å². The minimum Gasteiger partial charge on any atom is -0.467 e. The summed E-state index contributed by atoms with van der Waals surface area (Å²) >= 11 is 0. The van der Waals surface area contributed by atoms with Crippen LogP contribution in [0.4, 0.5) is 0 Å². The number of methoxy groups -OCH3 is 1. The lowest BCUT2D eigenvalue weighted by atomic mass is 10.4. The molecular formula is C7H12N2O5S. The Bertz CT molecular complexity index is 358. The number of aliphatic hydroxyl groups excluding tert-OH is 1. The molecule has 0 saturated heterocycles. The summed E-state index contributed by atoms with van der Waals surface area (Å²) < 4.78 is 28.5. The second-order valence-electron chi connectivity index (χ2n) is 2.70. The summed E-state index contributed by atoms with van der Waals surface area (Å²) in [6.07, 6.45) is -1.57. The summed E-state index contributed by atoms with van der Waals surface area (Å²) in [4.78, 5) is 10.7. The van der Waals surface area contributed by atoms with E-state index < -0.39 is 33.9 Å². The van der Waals surface area contributed by atoms with Gasteiger partial charge in [-0.1, -0.05) is 0 Å². The summed E-state index contributed by atoms with van der Waals surface area (Å²) in [6.45, 7) is 0.674. The molecule has 0 aliphatic heterocycles. The van der Waals surface area contributed by atoms with E-state index >= 15 is 0 Å². The molecule has 0 radical (unpaired) electrons. The average Bonchev–Trinajstić information content (AvgIpc) is 2.23. The minimum absolute atomic E-state index is 0.513. The maximum atomic E-state index is 11.2. The summed E-state index contributed by atoms with van der Waals surface area (Å²) in [5.41, 5.74) is 0. The lowest BCUT2D eigenvalue weighted by Crippen LogP contribution is -2.40. The van der Waals surface area contributed by atoms with Gasteiger partial charge in [0.1, 0.15) is 0 Å². The van der Waals surface area contributed by atoms with Crippen LogP contribution in [0.3, 0.4) is 0 Å². The third kappa shape index (κ3) is 4.24. The maximum Gasteiger partial charge on any atom is 0.336 e. The van der Waals surface area contributed by atoms with E-state index in [-0.39, 0.29) is 0 Å². The molecule has 15 heavy (non-hydrogen) atoms. The van der Waals surface area contributed by atoms with Gasteiger partial charge in [0.25, 0.3) is 0 Å². The number of carbonyl (C=O) groups excluding carboxylic acids is 1. The van der Waals surface area contributed by atoms with E-state index in [2.05, 4.69) is 4.74 Å². The van der Waals surface area contributed by atoms with E-state index in [0.29, 0.717) is 0 Å². The molecule has 0 aromatic carbocycles. The van der Waals surface area contributed by atoms with Gasteiger partial charge in [-0.05, 0) is 6.92 Å². The van der Waals surface area contributed by atoms with Crippen LogP contribution in [0.2, 0.25) is 0 Å². The number of esters is 1. The van der Waals surface area contributed by atoms with Gasteiger partial charge in [-0.3, -0.25) is 0 Å². The van der Waals surface area contributed by atoms with E-state index in [9.17, 15) is 13.2 Å². The van der Waals surface area contributed by atoms with Gasteiger partial charge in [-0.15, -0.1) is 0 Å². The number of nitrogens with one attached hydrogen (secondary N) is 1. The standard InChI is InChI=1S/C7H12N2O5S/c1-5(3-8)15(12,13)9-4-6(10)7(11)14-2/h5-6,9-10H,4H2,1-2H3. The fraction of sp³-hybridized carbons (Fsp3) is 0.714. The van der Waals surface area contributed by atoms with Gasteiger partial charge >= 0.3 is 5.97 Å². The monoisotopic (exact) mass is 236 g/mol. The molecule has 7 nitrogen and oxygen atoms in total. The normalized spacial score (nSPS) is 15.1. The molecule has 0 aliphatic carbocycles. The van der Waals surface area contributed by atoms with Crippen molar-refractivity contribution in [2.75, 3.05) is 13.7 Å². The first-order valence-electron chi connectivity index (χ1n) is 3.99. The molecule has 0 amide bonds. The molecule has 0 fully saturated rings. The third-order valence-electron chi connectivity index (χ3n) is 1.60. The van der Waals surface area contributed by atoms with Crippen molar-refractivity contribution in [3.05, 3.63) is 0 Å². The van der Waals surface area contributed by atoms with Gasteiger partial charge in [-0.25, -0.2) is 17.9 Å². The molecule has 0 aromatic rings. The molecule has 0 aliphatic rings. The highest BCUT2D eigenvalue weighted by molar-refractivity contribution is 7.90. The van der Waals surface area contributed by atoms with Crippen molar-refractivity contribution < 1.29 is 23.1 Å². The van der Waals surface area contributed by atoms with Gasteiger partial charge in [0, 0.05) is 6.54 Å². The zero-order valence-corrected chi connectivity index (χ0v) is 9.11. The Labute approximate surface area is 87.7 Å². The minimum atomic E-state index is -3.83. The van der Waals surface area contributed by atoms with E-state index in [1.807, 2.05) is 4.72 Å². The number of rotatable bonds is 5. The molecule has 86 valence electrons. The smallest absolute Gasteiger partial charge is 0.336 e. The lowest BCUT2D eigenvalue weighted by Gasteiger charge is -2.10. The Morgan fingerprint density at radius 2 is 2.20 bits per heavy atom. The van der Waals surface area contributed by atoms with Crippen molar-refractivity contribution in [3.8, 4) is 6.07 Å². The van der Waals surface area contributed by atoms with Crippen molar-refractivity contribution in [1.29, 1.82) is 5.26 Å². The number of carbonyl (C=O) groups is 1. The molecule has 0 heterocycles. The highest BCUT2D eigenvalue weighted by Crippen LogP contribution is 1.96. The Morgan fingerprint density at radius 3 is 2.60 bits per heavy atom. The highest BCUT2D eigenvalue weighted by atomic mass is 32.2. The molecule has 2 unspecified atom stereocenters. The van der Waals surface area contributed by atoms with Crippen LogP contribution in [0.25, 0.3) is 0 Å². The predicted molar refractivity (Wildman–Crippen MR) is 50.0 cm³/mol. The first-order chi connectivity index (χ1) is 6.85. The number of ether oxygens (including phenoxy) is 1. The van der Waals surface area contributed by atoms with Gasteiger partial charge in [0.15, 0.2) is 11.4 Å². The van der Waals surface area contributed by atoms with Crippen LogP contribution in [0.1, 0.15) is 6.92 Å².